The monoisotopic (exact) mass is 421 g/mol. The Hall–Kier alpha value is -3.12. The molecule has 2 heterocycles. The second kappa shape index (κ2) is 8.55. The number of nitrogens with zero attached hydrogens (tertiary/aromatic N) is 1. The van der Waals surface area contributed by atoms with E-state index in [0.717, 1.165) is 16.7 Å². The van der Waals surface area contributed by atoms with Crippen molar-refractivity contribution in [3.63, 3.8) is 0 Å². The summed E-state index contributed by atoms with van der Waals surface area (Å²) < 4.78 is 16.9. The minimum absolute atomic E-state index is 0.133. The number of hydrogen-bond acceptors (Lipinski definition) is 5. The Kier molecular flexibility index (Phi) is 5.83. The second-order valence-corrected chi connectivity index (χ2v) is 7.89. The van der Waals surface area contributed by atoms with Crippen LogP contribution in [0, 0.1) is 13.8 Å². The molecule has 1 aliphatic rings. The summed E-state index contributed by atoms with van der Waals surface area (Å²) in [5.41, 5.74) is 3.37. The maximum absolute atomic E-state index is 13.6. The molecule has 0 radical (unpaired) electrons. The van der Waals surface area contributed by atoms with Crippen LogP contribution in [0.5, 0.6) is 5.75 Å². The van der Waals surface area contributed by atoms with Crippen LogP contribution in [-0.4, -0.2) is 37.7 Å². The number of ether oxygens (including phenoxy) is 2. The maximum Gasteiger partial charge on any atom is 0.290 e. The van der Waals surface area contributed by atoms with Crippen LogP contribution >= 0.6 is 0 Å². The average molecular weight is 421 g/mol. The summed E-state index contributed by atoms with van der Waals surface area (Å²) in [6, 6.07) is 10.8. The first-order valence-corrected chi connectivity index (χ1v) is 10.6. The van der Waals surface area contributed by atoms with E-state index in [4.69, 9.17) is 13.9 Å². The predicted molar refractivity (Wildman–Crippen MR) is 119 cm³/mol. The Morgan fingerprint density at radius 3 is 2.68 bits per heavy atom. The zero-order valence-electron chi connectivity index (χ0n) is 18.4. The molecule has 0 fully saturated rings. The fourth-order valence-corrected chi connectivity index (χ4v) is 4.37. The highest BCUT2D eigenvalue weighted by Gasteiger charge is 2.42. The molecule has 0 saturated heterocycles. The summed E-state index contributed by atoms with van der Waals surface area (Å²) in [6.45, 7) is 7.27. The van der Waals surface area contributed by atoms with Gasteiger partial charge in [-0.1, -0.05) is 18.2 Å². The van der Waals surface area contributed by atoms with Crippen LogP contribution in [0.3, 0.4) is 0 Å². The molecule has 0 bridgehead atoms. The molecule has 1 aromatic heterocycles. The highest BCUT2D eigenvalue weighted by atomic mass is 16.5. The molecule has 4 rings (SSSR count). The van der Waals surface area contributed by atoms with Gasteiger partial charge in [0.05, 0.1) is 23.6 Å². The van der Waals surface area contributed by atoms with Gasteiger partial charge in [-0.3, -0.25) is 9.59 Å². The smallest absolute Gasteiger partial charge is 0.290 e. The van der Waals surface area contributed by atoms with Crippen LogP contribution in [0.2, 0.25) is 0 Å². The van der Waals surface area contributed by atoms with Crippen LogP contribution in [-0.2, 0) is 4.74 Å². The first kappa shape index (κ1) is 21.1. The van der Waals surface area contributed by atoms with Crippen molar-refractivity contribution in [2.45, 2.75) is 33.2 Å². The Bertz CT molecular complexity index is 1200. The van der Waals surface area contributed by atoms with E-state index in [1.165, 1.54) is 0 Å². The minimum atomic E-state index is -0.527. The molecule has 0 saturated carbocycles. The molecule has 3 aromatic rings. The van der Waals surface area contributed by atoms with Crippen molar-refractivity contribution in [1.29, 1.82) is 0 Å². The molecular weight excluding hydrogens is 394 g/mol. The molecule has 6 heteroatoms. The lowest BCUT2D eigenvalue weighted by atomic mass is 9.97. The molecule has 1 aliphatic heterocycles. The highest BCUT2D eigenvalue weighted by Crippen LogP contribution is 2.39. The SMILES string of the molecule is CCOc1cccc(C2c3c(oc4c(C)cc(C)cc4c3=O)C(=O)N2CCCOC)c1. The third-order valence-electron chi connectivity index (χ3n) is 5.63. The van der Waals surface area contributed by atoms with Crippen molar-refractivity contribution in [3.8, 4) is 5.75 Å². The zero-order chi connectivity index (χ0) is 22.1. The number of fused-ring (bicyclic) bond motifs is 2. The van der Waals surface area contributed by atoms with Crippen molar-refractivity contribution < 1.29 is 18.7 Å². The minimum Gasteiger partial charge on any atom is -0.494 e. The average Bonchev–Trinajstić information content (AvgIpc) is 3.02. The Balaban J connectivity index is 1.93. The van der Waals surface area contributed by atoms with Gasteiger partial charge in [-0.2, -0.15) is 0 Å². The van der Waals surface area contributed by atoms with Crippen molar-refractivity contribution in [2.24, 2.45) is 0 Å². The van der Waals surface area contributed by atoms with Gasteiger partial charge in [0, 0.05) is 20.3 Å². The van der Waals surface area contributed by atoms with Gasteiger partial charge in [0.25, 0.3) is 5.91 Å². The number of benzene rings is 2. The van der Waals surface area contributed by atoms with E-state index >= 15 is 0 Å². The number of hydrogen-bond donors (Lipinski definition) is 0. The van der Waals surface area contributed by atoms with E-state index in [0.29, 0.717) is 48.5 Å². The summed E-state index contributed by atoms with van der Waals surface area (Å²) in [4.78, 5) is 28.7. The zero-order valence-corrected chi connectivity index (χ0v) is 18.4. The maximum atomic E-state index is 13.6. The quantitative estimate of drug-likeness (QED) is 0.529. The van der Waals surface area contributed by atoms with Gasteiger partial charge in [0.1, 0.15) is 11.3 Å². The lowest BCUT2D eigenvalue weighted by Crippen LogP contribution is -2.31. The van der Waals surface area contributed by atoms with E-state index in [1.807, 2.05) is 57.2 Å². The topological polar surface area (TPSA) is 69.0 Å². The number of methoxy groups -OCH3 is 1. The van der Waals surface area contributed by atoms with E-state index in [1.54, 1.807) is 12.0 Å². The fourth-order valence-electron chi connectivity index (χ4n) is 4.37. The van der Waals surface area contributed by atoms with E-state index in [2.05, 4.69) is 0 Å². The Morgan fingerprint density at radius 2 is 1.94 bits per heavy atom. The third kappa shape index (κ3) is 3.72. The van der Waals surface area contributed by atoms with E-state index in [-0.39, 0.29) is 17.1 Å². The van der Waals surface area contributed by atoms with Gasteiger partial charge < -0.3 is 18.8 Å². The van der Waals surface area contributed by atoms with Crippen LogP contribution in [0.25, 0.3) is 11.0 Å². The molecular formula is C25H27NO5. The fraction of sp³-hybridized carbons (Fsp3) is 0.360. The molecule has 2 aromatic carbocycles. The number of amides is 1. The summed E-state index contributed by atoms with van der Waals surface area (Å²) in [6.07, 6.45) is 0.656. The largest absolute Gasteiger partial charge is 0.494 e. The number of carbonyl (C=O) groups is 1. The van der Waals surface area contributed by atoms with E-state index < -0.39 is 6.04 Å². The van der Waals surface area contributed by atoms with Crippen molar-refractivity contribution in [2.75, 3.05) is 26.9 Å². The first-order chi connectivity index (χ1) is 15.0. The van der Waals surface area contributed by atoms with Gasteiger partial charge in [-0.25, -0.2) is 0 Å². The van der Waals surface area contributed by atoms with Crippen LogP contribution in [0.4, 0.5) is 0 Å². The van der Waals surface area contributed by atoms with Crippen molar-refractivity contribution in [1.82, 2.24) is 4.90 Å². The third-order valence-corrected chi connectivity index (χ3v) is 5.63. The highest BCUT2D eigenvalue weighted by molar-refractivity contribution is 5.99. The summed E-state index contributed by atoms with van der Waals surface area (Å²) >= 11 is 0. The van der Waals surface area contributed by atoms with Gasteiger partial charge in [-0.15, -0.1) is 0 Å². The number of carbonyl (C=O) groups excluding carboxylic acids is 1. The van der Waals surface area contributed by atoms with Crippen molar-refractivity contribution in [3.05, 3.63) is 74.6 Å². The molecule has 0 aliphatic carbocycles. The standard InChI is InChI=1S/C25H27NO5/c1-5-30-18-9-6-8-17(14-18)21-20-22(27)19-13-15(2)12-16(3)23(19)31-24(20)25(28)26(21)10-7-11-29-4/h6,8-9,12-14,21H,5,7,10-11H2,1-4H3. The first-order valence-electron chi connectivity index (χ1n) is 10.6. The predicted octanol–water partition coefficient (Wildman–Crippen LogP) is 4.39. The van der Waals surface area contributed by atoms with Gasteiger partial charge in [-0.05, 0) is 62.1 Å². The lowest BCUT2D eigenvalue weighted by molar-refractivity contribution is 0.0707. The summed E-state index contributed by atoms with van der Waals surface area (Å²) in [7, 11) is 1.63. The number of rotatable bonds is 7. The summed E-state index contributed by atoms with van der Waals surface area (Å²) in [5.74, 6) is 0.570. The molecule has 1 unspecified atom stereocenters. The van der Waals surface area contributed by atoms with Crippen LogP contribution < -0.4 is 10.2 Å². The summed E-state index contributed by atoms with van der Waals surface area (Å²) in [5, 5.41) is 0.508. The molecule has 0 N–H and O–H groups in total. The number of aryl methyl sites for hydroxylation is 2. The van der Waals surface area contributed by atoms with Crippen molar-refractivity contribution >= 4 is 16.9 Å². The van der Waals surface area contributed by atoms with Crippen LogP contribution in [0.15, 0.2) is 45.6 Å². The van der Waals surface area contributed by atoms with Gasteiger partial charge >= 0.3 is 0 Å². The van der Waals surface area contributed by atoms with Gasteiger partial charge in [0.15, 0.2) is 5.43 Å². The normalized spacial score (nSPS) is 15.5. The molecule has 1 atom stereocenters. The van der Waals surface area contributed by atoms with E-state index in [9.17, 15) is 9.59 Å². The Morgan fingerprint density at radius 1 is 1.13 bits per heavy atom. The second-order valence-electron chi connectivity index (χ2n) is 7.89. The lowest BCUT2D eigenvalue weighted by Gasteiger charge is -2.25. The molecule has 31 heavy (non-hydrogen) atoms. The molecule has 0 spiro atoms. The molecule has 6 nitrogen and oxygen atoms in total. The van der Waals surface area contributed by atoms with Gasteiger partial charge in [0.2, 0.25) is 5.76 Å². The van der Waals surface area contributed by atoms with Crippen LogP contribution in [0.1, 0.15) is 52.2 Å². The Labute approximate surface area is 181 Å². The molecule has 162 valence electrons. The molecule has 1 amide bonds.